The van der Waals surface area contributed by atoms with Gasteiger partial charge in [-0.3, -0.25) is 0 Å². The van der Waals surface area contributed by atoms with Crippen molar-refractivity contribution in [2.45, 2.75) is 38.1 Å². The van der Waals surface area contributed by atoms with Gasteiger partial charge in [0.05, 0.1) is 12.3 Å². The molecule has 0 saturated heterocycles. The average molecular weight is 360 g/mol. The summed E-state index contributed by atoms with van der Waals surface area (Å²) >= 11 is 2.33. The molecule has 0 bridgehead atoms. The van der Waals surface area contributed by atoms with Crippen molar-refractivity contribution in [3.63, 3.8) is 0 Å². The molecule has 0 aliphatic heterocycles. The van der Waals surface area contributed by atoms with E-state index in [0.29, 0.717) is 12.6 Å². The Morgan fingerprint density at radius 1 is 1.28 bits per heavy atom. The van der Waals surface area contributed by atoms with E-state index in [1.807, 2.05) is 12.1 Å². The SMILES string of the molecule is Nc1ccc(N(CCO)C2CCCCC2)c(I)c1. The first-order valence-corrected chi connectivity index (χ1v) is 7.73. The Labute approximate surface area is 123 Å². The van der Waals surface area contributed by atoms with Gasteiger partial charge in [-0.1, -0.05) is 19.3 Å². The maximum absolute atomic E-state index is 9.31. The largest absolute Gasteiger partial charge is 0.399 e. The molecule has 0 aromatic heterocycles. The van der Waals surface area contributed by atoms with Gasteiger partial charge >= 0.3 is 0 Å². The maximum Gasteiger partial charge on any atom is 0.0606 e. The molecule has 0 heterocycles. The summed E-state index contributed by atoms with van der Waals surface area (Å²) in [7, 11) is 0. The first-order valence-electron chi connectivity index (χ1n) is 6.65. The summed E-state index contributed by atoms with van der Waals surface area (Å²) in [5, 5.41) is 9.31. The van der Waals surface area contributed by atoms with Crippen LogP contribution in [-0.2, 0) is 0 Å². The first-order chi connectivity index (χ1) is 8.72. The predicted octanol–water partition coefficient (Wildman–Crippen LogP) is 3.00. The van der Waals surface area contributed by atoms with Crippen LogP contribution in [0.4, 0.5) is 11.4 Å². The number of benzene rings is 1. The molecule has 0 unspecified atom stereocenters. The van der Waals surface area contributed by atoms with Crippen LogP contribution in [-0.4, -0.2) is 24.3 Å². The van der Waals surface area contributed by atoms with E-state index in [4.69, 9.17) is 5.73 Å². The smallest absolute Gasteiger partial charge is 0.0606 e. The van der Waals surface area contributed by atoms with E-state index in [0.717, 1.165) is 5.69 Å². The fourth-order valence-electron chi connectivity index (χ4n) is 2.76. The Hall–Kier alpha value is -0.490. The Morgan fingerprint density at radius 2 is 2.00 bits per heavy atom. The first kappa shape index (κ1) is 13.9. The minimum absolute atomic E-state index is 0.205. The zero-order valence-electron chi connectivity index (χ0n) is 10.6. The molecule has 1 fully saturated rings. The summed E-state index contributed by atoms with van der Waals surface area (Å²) in [5.74, 6) is 0. The van der Waals surface area contributed by atoms with Crippen molar-refractivity contribution < 1.29 is 5.11 Å². The van der Waals surface area contributed by atoms with Crippen LogP contribution in [0.5, 0.6) is 0 Å². The van der Waals surface area contributed by atoms with Gasteiger partial charge in [-0.05, 0) is 53.6 Å². The molecule has 1 aliphatic carbocycles. The molecule has 0 atom stereocenters. The monoisotopic (exact) mass is 360 g/mol. The van der Waals surface area contributed by atoms with E-state index in [-0.39, 0.29) is 6.61 Å². The van der Waals surface area contributed by atoms with Crippen LogP contribution in [0.1, 0.15) is 32.1 Å². The fourth-order valence-corrected chi connectivity index (χ4v) is 3.61. The van der Waals surface area contributed by atoms with E-state index in [1.54, 1.807) is 0 Å². The number of hydrogen-bond donors (Lipinski definition) is 2. The minimum atomic E-state index is 0.205. The highest BCUT2D eigenvalue weighted by Gasteiger charge is 2.22. The van der Waals surface area contributed by atoms with Gasteiger partial charge in [0.15, 0.2) is 0 Å². The molecule has 1 aromatic carbocycles. The number of aliphatic hydroxyl groups excluding tert-OH is 1. The molecule has 0 amide bonds. The maximum atomic E-state index is 9.31. The average Bonchev–Trinajstić information content (AvgIpc) is 2.38. The van der Waals surface area contributed by atoms with Crippen molar-refractivity contribution in [3.05, 3.63) is 21.8 Å². The van der Waals surface area contributed by atoms with Gasteiger partial charge in [-0.15, -0.1) is 0 Å². The van der Waals surface area contributed by atoms with Crippen LogP contribution in [0.3, 0.4) is 0 Å². The zero-order chi connectivity index (χ0) is 13.0. The Morgan fingerprint density at radius 3 is 2.61 bits per heavy atom. The van der Waals surface area contributed by atoms with Crippen LogP contribution in [0.25, 0.3) is 0 Å². The number of nitrogens with two attached hydrogens (primary N) is 1. The number of aliphatic hydroxyl groups is 1. The van der Waals surface area contributed by atoms with E-state index >= 15 is 0 Å². The lowest BCUT2D eigenvalue weighted by atomic mass is 9.93. The van der Waals surface area contributed by atoms with Crippen molar-refractivity contribution in [1.29, 1.82) is 0 Å². The lowest BCUT2D eigenvalue weighted by Gasteiger charge is -2.36. The van der Waals surface area contributed by atoms with Crippen molar-refractivity contribution >= 4 is 34.0 Å². The Kier molecular flexibility index (Phi) is 5.12. The van der Waals surface area contributed by atoms with E-state index in [1.165, 1.54) is 41.4 Å². The third kappa shape index (κ3) is 3.29. The number of halogens is 1. The van der Waals surface area contributed by atoms with Gasteiger partial charge in [-0.25, -0.2) is 0 Å². The summed E-state index contributed by atoms with van der Waals surface area (Å²) in [6, 6.07) is 6.61. The number of hydrogen-bond acceptors (Lipinski definition) is 3. The second kappa shape index (κ2) is 6.61. The summed E-state index contributed by atoms with van der Waals surface area (Å²) in [4.78, 5) is 2.36. The van der Waals surface area contributed by atoms with Crippen molar-refractivity contribution in [3.8, 4) is 0 Å². The van der Waals surface area contributed by atoms with Crippen LogP contribution < -0.4 is 10.6 Å². The summed E-state index contributed by atoms with van der Waals surface area (Å²) in [6.45, 7) is 0.918. The molecule has 1 aromatic rings. The second-order valence-corrected chi connectivity index (χ2v) is 6.08. The van der Waals surface area contributed by atoms with Gasteiger partial charge in [0.2, 0.25) is 0 Å². The van der Waals surface area contributed by atoms with Crippen LogP contribution >= 0.6 is 22.6 Å². The number of anilines is 2. The molecule has 1 aliphatic rings. The molecular weight excluding hydrogens is 339 g/mol. The molecule has 3 nitrogen and oxygen atoms in total. The molecule has 2 rings (SSSR count). The molecule has 3 N–H and O–H groups in total. The predicted molar refractivity (Wildman–Crippen MR) is 84.9 cm³/mol. The summed E-state index contributed by atoms with van der Waals surface area (Å²) in [6.07, 6.45) is 6.43. The summed E-state index contributed by atoms with van der Waals surface area (Å²) in [5.41, 5.74) is 7.82. The lowest BCUT2D eigenvalue weighted by molar-refractivity contribution is 0.290. The van der Waals surface area contributed by atoms with E-state index in [2.05, 4.69) is 33.6 Å². The molecular formula is C14H21IN2O. The van der Waals surface area contributed by atoms with Crippen LogP contribution in [0.15, 0.2) is 18.2 Å². The quantitative estimate of drug-likeness (QED) is 0.641. The van der Waals surface area contributed by atoms with Gasteiger partial charge < -0.3 is 15.7 Å². The van der Waals surface area contributed by atoms with Gasteiger partial charge in [0.25, 0.3) is 0 Å². The second-order valence-electron chi connectivity index (χ2n) is 4.92. The molecule has 1 saturated carbocycles. The molecule has 0 radical (unpaired) electrons. The normalized spacial score (nSPS) is 16.8. The Bertz CT molecular complexity index is 391. The summed E-state index contributed by atoms with van der Waals surface area (Å²) < 4.78 is 1.17. The highest BCUT2D eigenvalue weighted by molar-refractivity contribution is 14.1. The van der Waals surface area contributed by atoms with Crippen molar-refractivity contribution in [1.82, 2.24) is 0 Å². The van der Waals surface area contributed by atoms with Crippen molar-refractivity contribution in [2.24, 2.45) is 0 Å². The Balaban J connectivity index is 2.22. The molecule has 0 spiro atoms. The van der Waals surface area contributed by atoms with Gasteiger partial charge in [0.1, 0.15) is 0 Å². The third-order valence-electron chi connectivity index (χ3n) is 3.64. The number of nitrogen functional groups attached to an aromatic ring is 1. The zero-order valence-corrected chi connectivity index (χ0v) is 12.8. The highest BCUT2D eigenvalue weighted by Crippen LogP contribution is 2.31. The molecule has 100 valence electrons. The van der Waals surface area contributed by atoms with Crippen LogP contribution in [0, 0.1) is 3.57 Å². The van der Waals surface area contributed by atoms with Crippen LogP contribution in [0.2, 0.25) is 0 Å². The van der Waals surface area contributed by atoms with E-state index < -0.39 is 0 Å². The van der Waals surface area contributed by atoms with Gasteiger partial charge in [-0.2, -0.15) is 0 Å². The van der Waals surface area contributed by atoms with Gasteiger partial charge in [0, 0.05) is 21.8 Å². The minimum Gasteiger partial charge on any atom is -0.399 e. The topological polar surface area (TPSA) is 49.5 Å². The highest BCUT2D eigenvalue weighted by atomic mass is 127. The molecule has 18 heavy (non-hydrogen) atoms. The standard InChI is InChI=1S/C14H21IN2O/c15-13-10-11(16)6-7-14(13)17(8-9-18)12-4-2-1-3-5-12/h6-7,10,12,18H,1-5,8-9,16H2. The number of rotatable bonds is 4. The van der Waals surface area contributed by atoms with E-state index in [9.17, 15) is 5.11 Å². The number of nitrogens with zero attached hydrogens (tertiary/aromatic N) is 1. The lowest BCUT2D eigenvalue weighted by Crippen LogP contribution is -2.39. The fraction of sp³-hybridized carbons (Fsp3) is 0.571. The van der Waals surface area contributed by atoms with Crippen molar-refractivity contribution in [2.75, 3.05) is 23.8 Å². The molecule has 4 heteroatoms. The third-order valence-corrected chi connectivity index (χ3v) is 4.50.